The molecule has 0 spiro atoms. The Bertz CT molecular complexity index is 663. The summed E-state index contributed by atoms with van der Waals surface area (Å²) < 4.78 is 6.85. The first kappa shape index (κ1) is 15.0. The summed E-state index contributed by atoms with van der Waals surface area (Å²) in [5, 5.41) is 4.65. The van der Waals surface area contributed by atoms with Crippen LogP contribution in [0.3, 0.4) is 0 Å². The van der Waals surface area contributed by atoms with Gasteiger partial charge in [0.05, 0.1) is 22.7 Å². The molecule has 0 aliphatic carbocycles. The molecule has 0 radical (unpaired) electrons. The second-order valence-corrected chi connectivity index (χ2v) is 6.73. The van der Waals surface area contributed by atoms with Crippen molar-refractivity contribution in [3.8, 4) is 5.75 Å². The molecule has 2 nitrogen and oxygen atoms in total. The van der Waals surface area contributed by atoms with Gasteiger partial charge in [-0.25, -0.2) is 0 Å². The van der Waals surface area contributed by atoms with Crippen molar-refractivity contribution in [1.29, 1.82) is 0 Å². The Labute approximate surface area is 142 Å². The summed E-state index contributed by atoms with van der Waals surface area (Å²) in [4.78, 5) is 0. The maximum Gasteiger partial charge on any atom is 0.125 e. The van der Waals surface area contributed by atoms with Crippen LogP contribution in [0, 0.1) is 0 Å². The lowest BCUT2D eigenvalue weighted by atomic mass is 10.0. The number of hydrogen-bond donors (Lipinski definition) is 1. The molecular formula is C16H14BrCl2NO. The Morgan fingerprint density at radius 1 is 1.10 bits per heavy atom. The van der Waals surface area contributed by atoms with Crippen LogP contribution in [-0.4, -0.2) is 6.61 Å². The van der Waals surface area contributed by atoms with Gasteiger partial charge in [-0.3, -0.25) is 0 Å². The van der Waals surface area contributed by atoms with Gasteiger partial charge in [0.25, 0.3) is 0 Å². The molecule has 2 aromatic rings. The Hall–Kier alpha value is -0.900. The summed E-state index contributed by atoms with van der Waals surface area (Å²) in [5.74, 6) is 0.930. The molecule has 0 aromatic heterocycles. The predicted octanol–water partition coefficient (Wildman–Crippen LogP) is 6.08. The van der Waals surface area contributed by atoms with E-state index in [4.69, 9.17) is 27.9 Å². The maximum atomic E-state index is 6.08. The van der Waals surface area contributed by atoms with Gasteiger partial charge in [-0.15, -0.1) is 0 Å². The SMILES string of the molecule is Clc1ccc(NC2CCCOc3cc(Br)ccc32)cc1Cl. The van der Waals surface area contributed by atoms with E-state index in [1.807, 2.05) is 30.3 Å². The molecule has 0 bridgehead atoms. The van der Waals surface area contributed by atoms with Crippen molar-refractivity contribution in [1.82, 2.24) is 0 Å². The number of nitrogens with one attached hydrogen (secondary N) is 1. The average molecular weight is 387 g/mol. The summed E-state index contributed by atoms with van der Waals surface area (Å²) in [7, 11) is 0. The maximum absolute atomic E-state index is 6.08. The fourth-order valence-corrected chi connectivity index (χ4v) is 3.12. The Morgan fingerprint density at radius 2 is 1.95 bits per heavy atom. The van der Waals surface area contributed by atoms with E-state index in [9.17, 15) is 0 Å². The number of benzene rings is 2. The molecule has 110 valence electrons. The number of rotatable bonds is 2. The van der Waals surface area contributed by atoms with Crippen LogP contribution in [0.5, 0.6) is 5.75 Å². The average Bonchev–Trinajstić information content (AvgIpc) is 2.65. The minimum absolute atomic E-state index is 0.202. The van der Waals surface area contributed by atoms with Crippen LogP contribution in [-0.2, 0) is 0 Å². The van der Waals surface area contributed by atoms with E-state index < -0.39 is 0 Å². The van der Waals surface area contributed by atoms with E-state index in [0.717, 1.165) is 35.4 Å². The second kappa shape index (κ2) is 6.47. The molecule has 5 heteroatoms. The van der Waals surface area contributed by atoms with E-state index in [-0.39, 0.29) is 6.04 Å². The summed E-state index contributed by atoms with van der Waals surface area (Å²) in [6.45, 7) is 0.739. The standard InChI is InChI=1S/C16H14BrCl2NO/c17-10-3-5-12-15(2-1-7-21-16(12)8-10)20-11-4-6-13(18)14(19)9-11/h3-6,8-9,15,20H,1-2,7H2. The van der Waals surface area contributed by atoms with Crippen molar-refractivity contribution in [2.75, 3.05) is 11.9 Å². The summed E-state index contributed by atoms with van der Waals surface area (Å²) in [6.07, 6.45) is 2.01. The third-order valence-corrected chi connectivity index (χ3v) is 4.74. The van der Waals surface area contributed by atoms with Gasteiger partial charge in [0.2, 0.25) is 0 Å². The van der Waals surface area contributed by atoms with Crippen LogP contribution in [0.2, 0.25) is 10.0 Å². The van der Waals surface area contributed by atoms with Gasteiger partial charge in [-0.05, 0) is 43.2 Å². The van der Waals surface area contributed by atoms with Crippen LogP contribution in [0.1, 0.15) is 24.4 Å². The first-order chi connectivity index (χ1) is 10.1. The summed E-state index contributed by atoms with van der Waals surface area (Å²) in [6, 6.07) is 12.0. The first-order valence-corrected chi connectivity index (χ1v) is 8.32. The largest absolute Gasteiger partial charge is 0.493 e. The molecule has 1 N–H and O–H groups in total. The Balaban J connectivity index is 1.90. The Kier molecular flexibility index (Phi) is 4.63. The lowest BCUT2D eigenvalue weighted by Gasteiger charge is -2.20. The van der Waals surface area contributed by atoms with Gasteiger partial charge in [-0.1, -0.05) is 45.2 Å². The normalized spacial score (nSPS) is 17.6. The van der Waals surface area contributed by atoms with E-state index >= 15 is 0 Å². The van der Waals surface area contributed by atoms with Crippen molar-refractivity contribution >= 4 is 44.8 Å². The number of hydrogen-bond acceptors (Lipinski definition) is 2. The van der Waals surface area contributed by atoms with Gasteiger partial charge < -0.3 is 10.1 Å². The number of halogens is 3. The van der Waals surface area contributed by atoms with Crippen molar-refractivity contribution in [3.63, 3.8) is 0 Å². The van der Waals surface area contributed by atoms with Gasteiger partial charge in [0.15, 0.2) is 0 Å². The molecule has 1 aliphatic rings. The Morgan fingerprint density at radius 3 is 2.76 bits per heavy atom. The van der Waals surface area contributed by atoms with E-state index in [2.05, 4.69) is 27.3 Å². The highest BCUT2D eigenvalue weighted by molar-refractivity contribution is 9.10. The molecule has 1 aliphatic heterocycles. The third kappa shape index (κ3) is 3.47. The highest BCUT2D eigenvalue weighted by Crippen LogP contribution is 2.36. The molecule has 2 aromatic carbocycles. The number of fused-ring (bicyclic) bond motifs is 1. The highest BCUT2D eigenvalue weighted by atomic mass is 79.9. The van der Waals surface area contributed by atoms with Crippen molar-refractivity contribution in [3.05, 3.63) is 56.5 Å². The minimum atomic E-state index is 0.202. The number of anilines is 1. The lowest BCUT2D eigenvalue weighted by molar-refractivity contribution is 0.316. The molecule has 0 fully saturated rings. The van der Waals surface area contributed by atoms with Crippen LogP contribution in [0.15, 0.2) is 40.9 Å². The zero-order valence-electron chi connectivity index (χ0n) is 11.2. The van der Waals surface area contributed by atoms with Gasteiger partial charge in [0.1, 0.15) is 5.75 Å². The molecule has 3 rings (SSSR count). The highest BCUT2D eigenvalue weighted by Gasteiger charge is 2.20. The monoisotopic (exact) mass is 385 g/mol. The van der Waals surface area contributed by atoms with Crippen molar-refractivity contribution in [2.24, 2.45) is 0 Å². The van der Waals surface area contributed by atoms with Gasteiger partial charge in [0, 0.05) is 15.7 Å². The zero-order chi connectivity index (χ0) is 14.8. The van der Waals surface area contributed by atoms with Crippen LogP contribution < -0.4 is 10.1 Å². The smallest absolute Gasteiger partial charge is 0.125 e. The molecule has 1 heterocycles. The van der Waals surface area contributed by atoms with Crippen molar-refractivity contribution in [2.45, 2.75) is 18.9 Å². The van der Waals surface area contributed by atoms with E-state index in [1.54, 1.807) is 0 Å². The third-order valence-electron chi connectivity index (χ3n) is 3.51. The predicted molar refractivity (Wildman–Crippen MR) is 91.7 cm³/mol. The molecule has 0 saturated carbocycles. The van der Waals surface area contributed by atoms with Gasteiger partial charge >= 0.3 is 0 Å². The van der Waals surface area contributed by atoms with Crippen LogP contribution >= 0.6 is 39.1 Å². The molecule has 0 saturated heterocycles. The molecular weight excluding hydrogens is 373 g/mol. The topological polar surface area (TPSA) is 21.3 Å². The van der Waals surface area contributed by atoms with Crippen LogP contribution in [0.25, 0.3) is 0 Å². The minimum Gasteiger partial charge on any atom is -0.493 e. The molecule has 1 unspecified atom stereocenters. The quantitative estimate of drug-likeness (QED) is 0.674. The second-order valence-electron chi connectivity index (χ2n) is 5.00. The zero-order valence-corrected chi connectivity index (χ0v) is 14.3. The molecule has 0 amide bonds. The van der Waals surface area contributed by atoms with E-state index in [1.165, 1.54) is 5.56 Å². The summed E-state index contributed by atoms with van der Waals surface area (Å²) >= 11 is 15.5. The lowest BCUT2D eigenvalue weighted by Crippen LogP contribution is -2.10. The fourth-order valence-electron chi connectivity index (χ4n) is 2.48. The number of ether oxygens (including phenoxy) is 1. The molecule has 21 heavy (non-hydrogen) atoms. The molecule has 1 atom stereocenters. The van der Waals surface area contributed by atoms with Gasteiger partial charge in [-0.2, -0.15) is 0 Å². The fraction of sp³-hybridized carbons (Fsp3) is 0.250. The van der Waals surface area contributed by atoms with Crippen LogP contribution in [0.4, 0.5) is 5.69 Å². The summed E-state index contributed by atoms with van der Waals surface area (Å²) in [5.41, 5.74) is 2.13. The van der Waals surface area contributed by atoms with E-state index in [0.29, 0.717) is 10.0 Å². The van der Waals surface area contributed by atoms with Crippen molar-refractivity contribution < 1.29 is 4.74 Å². The first-order valence-electron chi connectivity index (χ1n) is 6.77.